The number of anilines is 3. The molecule has 1 saturated heterocycles. The van der Waals surface area contributed by atoms with Gasteiger partial charge in [-0.15, -0.1) is 0 Å². The van der Waals surface area contributed by atoms with Gasteiger partial charge in [0.15, 0.2) is 0 Å². The van der Waals surface area contributed by atoms with Gasteiger partial charge in [0.25, 0.3) is 0 Å². The van der Waals surface area contributed by atoms with Crippen LogP contribution in [0.15, 0.2) is 24.3 Å². The van der Waals surface area contributed by atoms with Crippen LogP contribution >= 0.6 is 0 Å². The third-order valence-corrected chi connectivity index (χ3v) is 6.13. The van der Waals surface area contributed by atoms with E-state index in [4.69, 9.17) is 9.97 Å². The Bertz CT molecular complexity index is 899. The number of nitrogens with one attached hydrogen (secondary N) is 1. The molecule has 0 saturated carbocycles. The zero-order valence-corrected chi connectivity index (χ0v) is 18.7. The Morgan fingerprint density at radius 1 is 1.03 bits per heavy atom. The number of fused-ring (bicyclic) bond motifs is 1. The average molecular weight is 424 g/mol. The first-order chi connectivity index (χ1) is 15.2. The van der Waals surface area contributed by atoms with E-state index in [9.17, 15) is 4.79 Å². The highest BCUT2D eigenvalue weighted by atomic mass is 16.2. The zero-order valence-electron chi connectivity index (χ0n) is 18.7. The molecule has 1 amide bonds. The van der Waals surface area contributed by atoms with Crippen LogP contribution in [0.4, 0.5) is 17.8 Å². The van der Waals surface area contributed by atoms with Gasteiger partial charge in [0, 0.05) is 52.2 Å². The monoisotopic (exact) mass is 423 g/mol. The van der Waals surface area contributed by atoms with Gasteiger partial charge in [-0.25, -0.2) is 0 Å². The summed E-state index contributed by atoms with van der Waals surface area (Å²) in [7, 11) is 0. The lowest BCUT2D eigenvalue weighted by atomic mass is 10.0. The molecule has 0 radical (unpaired) electrons. The van der Waals surface area contributed by atoms with Crippen molar-refractivity contribution in [2.75, 3.05) is 54.4 Å². The molecule has 2 aliphatic heterocycles. The molecule has 166 valence electrons. The smallest absolute Gasteiger partial charge is 0.232 e. The second-order valence-electron chi connectivity index (χ2n) is 8.14. The van der Waals surface area contributed by atoms with Crippen molar-refractivity contribution in [1.82, 2.24) is 19.9 Å². The van der Waals surface area contributed by atoms with Gasteiger partial charge >= 0.3 is 0 Å². The number of carbonyl (C=O) groups excluding carboxylic acids is 1. The number of aromatic nitrogens is 3. The maximum absolute atomic E-state index is 11.8. The molecule has 0 bridgehead atoms. The second-order valence-corrected chi connectivity index (χ2v) is 8.14. The molecule has 3 heterocycles. The molecular formula is C23H33N7O. The number of rotatable bonds is 9. The Kier molecular flexibility index (Phi) is 6.84. The van der Waals surface area contributed by atoms with E-state index in [1.165, 1.54) is 11.1 Å². The average Bonchev–Trinajstić information content (AvgIpc) is 3.21. The first-order valence-electron chi connectivity index (χ1n) is 11.5. The fourth-order valence-electron chi connectivity index (χ4n) is 4.30. The number of benzene rings is 1. The van der Waals surface area contributed by atoms with Gasteiger partial charge in [-0.05, 0) is 44.2 Å². The number of hydrogen-bond donors (Lipinski definition) is 1. The summed E-state index contributed by atoms with van der Waals surface area (Å²) in [5.74, 6) is 2.32. The van der Waals surface area contributed by atoms with E-state index in [1.54, 1.807) is 0 Å². The highest BCUT2D eigenvalue weighted by Crippen LogP contribution is 2.24. The summed E-state index contributed by atoms with van der Waals surface area (Å²) in [6.07, 6.45) is 3.55. The Labute approximate surface area is 184 Å². The van der Waals surface area contributed by atoms with Crippen LogP contribution in [0.2, 0.25) is 0 Å². The summed E-state index contributed by atoms with van der Waals surface area (Å²) in [6, 6.07) is 8.59. The normalized spacial score (nSPS) is 15.9. The van der Waals surface area contributed by atoms with Crippen molar-refractivity contribution in [3.8, 4) is 0 Å². The topological polar surface area (TPSA) is 77.5 Å². The van der Waals surface area contributed by atoms with Crippen molar-refractivity contribution in [3.63, 3.8) is 0 Å². The fraction of sp³-hybridized carbons (Fsp3) is 0.565. The molecule has 0 aliphatic carbocycles. The van der Waals surface area contributed by atoms with Crippen molar-refractivity contribution in [2.45, 2.75) is 46.1 Å². The van der Waals surface area contributed by atoms with Crippen LogP contribution < -0.4 is 15.1 Å². The number of likely N-dealkylation sites (tertiary alicyclic amines) is 1. The third-order valence-electron chi connectivity index (χ3n) is 6.13. The van der Waals surface area contributed by atoms with Crippen LogP contribution in [-0.2, 0) is 17.8 Å². The number of nitrogens with zero attached hydrogens (tertiary/aromatic N) is 6. The molecule has 8 heteroatoms. The van der Waals surface area contributed by atoms with Gasteiger partial charge in [0.1, 0.15) is 0 Å². The van der Waals surface area contributed by atoms with Crippen molar-refractivity contribution in [1.29, 1.82) is 0 Å². The molecule has 1 aromatic carbocycles. The molecule has 1 fully saturated rings. The lowest BCUT2D eigenvalue weighted by Crippen LogP contribution is -2.33. The maximum atomic E-state index is 11.8. The summed E-state index contributed by atoms with van der Waals surface area (Å²) in [4.78, 5) is 32.4. The molecular weight excluding hydrogens is 390 g/mol. The molecule has 2 aliphatic rings. The van der Waals surface area contributed by atoms with Crippen LogP contribution in [0, 0.1) is 0 Å². The van der Waals surface area contributed by atoms with Crippen molar-refractivity contribution >= 4 is 23.8 Å². The van der Waals surface area contributed by atoms with E-state index in [1.807, 2.05) is 4.90 Å². The first-order valence-corrected chi connectivity index (χ1v) is 11.5. The van der Waals surface area contributed by atoms with Gasteiger partial charge in [0.2, 0.25) is 23.8 Å². The Morgan fingerprint density at radius 2 is 1.84 bits per heavy atom. The number of carbonyl (C=O) groups is 1. The molecule has 4 rings (SSSR count). The SMILES string of the molecule is CCN(CC)c1nc(NCCCN2CCCC2=O)nc(N2CCc3ccccc3C2)n1. The van der Waals surface area contributed by atoms with Crippen molar-refractivity contribution in [2.24, 2.45) is 0 Å². The molecule has 2 aromatic rings. The number of amides is 1. The van der Waals surface area contributed by atoms with E-state index in [-0.39, 0.29) is 5.91 Å². The van der Waals surface area contributed by atoms with Crippen LogP contribution in [-0.4, -0.2) is 65.0 Å². The van der Waals surface area contributed by atoms with Gasteiger partial charge in [-0.1, -0.05) is 24.3 Å². The Morgan fingerprint density at radius 3 is 2.58 bits per heavy atom. The molecule has 0 atom stereocenters. The lowest BCUT2D eigenvalue weighted by Gasteiger charge is -2.30. The van der Waals surface area contributed by atoms with E-state index < -0.39 is 0 Å². The molecule has 0 spiro atoms. The van der Waals surface area contributed by atoms with E-state index >= 15 is 0 Å². The predicted octanol–water partition coefficient (Wildman–Crippen LogP) is 2.70. The van der Waals surface area contributed by atoms with E-state index in [0.29, 0.717) is 18.3 Å². The largest absolute Gasteiger partial charge is 0.354 e. The summed E-state index contributed by atoms with van der Waals surface area (Å²) in [5, 5.41) is 3.37. The van der Waals surface area contributed by atoms with Crippen LogP contribution in [0.1, 0.15) is 44.2 Å². The molecule has 8 nitrogen and oxygen atoms in total. The van der Waals surface area contributed by atoms with Crippen LogP contribution in [0.5, 0.6) is 0 Å². The minimum Gasteiger partial charge on any atom is -0.354 e. The lowest BCUT2D eigenvalue weighted by molar-refractivity contribution is -0.127. The van der Waals surface area contributed by atoms with Crippen molar-refractivity contribution < 1.29 is 4.79 Å². The highest BCUT2D eigenvalue weighted by Gasteiger charge is 2.21. The van der Waals surface area contributed by atoms with Gasteiger partial charge < -0.3 is 20.0 Å². The number of hydrogen-bond acceptors (Lipinski definition) is 7. The molecule has 1 aromatic heterocycles. The highest BCUT2D eigenvalue weighted by molar-refractivity contribution is 5.78. The van der Waals surface area contributed by atoms with E-state index in [2.05, 4.69) is 58.2 Å². The molecule has 1 N–H and O–H groups in total. The summed E-state index contributed by atoms with van der Waals surface area (Å²) in [6.45, 7) is 10.0. The zero-order chi connectivity index (χ0) is 21.6. The first kappa shape index (κ1) is 21.3. The van der Waals surface area contributed by atoms with Crippen LogP contribution in [0.25, 0.3) is 0 Å². The fourth-order valence-corrected chi connectivity index (χ4v) is 4.30. The minimum atomic E-state index is 0.275. The minimum absolute atomic E-state index is 0.275. The van der Waals surface area contributed by atoms with Gasteiger partial charge in [0.05, 0.1) is 0 Å². The van der Waals surface area contributed by atoms with Gasteiger partial charge in [-0.2, -0.15) is 15.0 Å². The second kappa shape index (κ2) is 9.94. The Balaban J connectivity index is 1.47. The Hall–Kier alpha value is -2.90. The summed E-state index contributed by atoms with van der Waals surface area (Å²) < 4.78 is 0. The predicted molar refractivity (Wildman–Crippen MR) is 124 cm³/mol. The van der Waals surface area contributed by atoms with E-state index in [0.717, 1.165) is 71.0 Å². The quantitative estimate of drug-likeness (QED) is 0.622. The third kappa shape index (κ3) is 5.06. The summed E-state index contributed by atoms with van der Waals surface area (Å²) in [5.41, 5.74) is 2.75. The standard InChI is InChI=1S/C23H33N7O/c1-3-28(4-2)22-25-21(24-13-8-15-29-14-7-11-20(29)31)26-23(27-22)30-16-12-18-9-5-6-10-19(18)17-30/h5-6,9-10H,3-4,7-8,11-17H2,1-2H3,(H,24,25,26,27). The molecule has 0 unspecified atom stereocenters. The summed E-state index contributed by atoms with van der Waals surface area (Å²) >= 11 is 0. The molecule has 31 heavy (non-hydrogen) atoms. The van der Waals surface area contributed by atoms with Crippen LogP contribution in [0.3, 0.4) is 0 Å². The van der Waals surface area contributed by atoms with Crippen molar-refractivity contribution in [3.05, 3.63) is 35.4 Å². The van der Waals surface area contributed by atoms with Gasteiger partial charge in [-0.3, -0.25) is 4.79 Å². The maximum Gasteiger partial charge on any atom is 0.232 e.